The fourth-order valence-corrected chi connectivity index (χ4v) is 3.91. The molecule has 1 atom stereocenters. The summed E-state index contributed by atoms with van der Waals surface area (Å²) in [7, 11) is 0. The van der Waals surface area contributed by atoms with Gasteiger partial charge in [-0.1, -0.05) is 46.3 Å². The van der Waals surface area contributed by atoms with Gasteiger partial charge in [0.1, 0.15) is 5.75 Å². The predicted molar refractivity (Wildman–Crippen MR) is 107 cm³/mol. The van der Waals surface area contributed by atoms with Crippen LogP contribution in [0.15, 0.2) is 59.3 Å². The molecule has 0 saturated heterocycles. The van der Waals surface area contributed by atoms with Crippen molar-refractivity contribution in [1.29, 1.82) is 0 Å². The van der Waals surface area contributed by atoms with Crippen molar-refractivity contribution in [3.05, 3.63) is 76.0 Å². The second kappa shape index (κ2) is 8.02. The van der Waals surface area contributed by atoms with Crippen molar-refractivity contribution >= 4 is 27.6 Å². The second-order valence-electron chi connectivity index (χ2n) is 6.74. The molecule has 1 aliphatic rings. The van der Waals surface area contributed by atoms with Gasteiger partial charge < -0.3 is 10.1 Å². The molecular weight excluding hydrogens is 447 g/mol. The molecule has 1 unspecified atom stereocenters. The number of hydrogen-bond acceptors (Lipinski definition) is 4. The maximum Gasteiger partial charge on any atom is 0.419 e. The minimum atomic E-state index is -4.47. The molecule has 4 rings (SSSR count). The highest BCUT2D eigenvalue weighted by molar-refractivity contribution is 9.10. The summed E-state index contributed by atoms with van der Waals surface area (Å²) in [6.07, 6.45) is -1.12. The zero-order chi connectivity index (χ0) is 20.4. The topological polar surface area (TPSA) is 47.0 Å². The third kappa shape index (κ3) is 4.37. The number of rotatable bonds is 3. The zero-order valence-electron chi connectivity index (χ0n) is 15.2. The molecule has 1 aromatic heterocycles. The van der Waals surface area contributed by atoms with E-state index in [1.165, 1.54) is 5.56 Å². The Balaban J connectivity index is 1.71. The molecule has 2 heterocycles. The lowest BCUT2D eigenvalue weighted by Gasteiger charge is -2.20. The van der Waals surface area contributed by atoms with Gasteiger partial charge in [-0.05, 0) is 30.5 Å². The predicted octanol–water partition coefficient (Wildman–Crippen LogP) is 6.31. The first-order valence-electron chi connectivity index (χ1n) is 9.09. The maximum absolute atomic E-state index is 12.7. The Kier molecular flexibility index (Phi) is 5.45. The van der Waals surface area contributed by atoms with E-state index >= 15 is 0 Å². The van der Waals surface area contributed by atoms with Crippen molar-refractivity contribution in [2.45, 2.75) is 24.9 Å². The van der Waals surface area contributed by atoms with E-state index in [9.17, 15) is 13.2 Å². The van der Waals surface area contributed by atoms with E-state index in [4.69, 9.17) is 4.74 Å². The zero-order valence-corrected chi connectivity index (χ0v) is 16.8. The summed E-state index contributed by atoms with van der Waals surface area (Å²) in [5, 5.41) is 3.01. The summed E-state index contributed by atoms with van der Waals surface area (Å²) in [5.41, 5.74) is 1.92. The van der Waals surface area contributed by atoms with Crippen molar-refractivity contribution in [2.24, 2.45) is 0 Å². The fraction of sp³-hybridized carbons (Fsp3) is 0.238. The number of anilines is 2. The fourth-order valence-electron chi connectivity index (χ4n) is 3.44. The summed E-state index contributed by atoms with van der Waals surface area (Å²) >= 11 is 3.53. The first-order chi connectivity index (χ1) is 13.9. The molecule has 0 bridgehead atoms. The van der Waals surface area contributed by atoms with Crippen LogP contribution < -0.4 is 10.1 Å². The van der Waals surface area contributed by atoms with Crippen molar-refractivity contribution in [3.63, 3.8) is 0 Å². The van der Waals surface area contributed by atoms with Crippen LogP contribution in [0.5, 0.6) is 5.75 Å². The second-order valence-corrected chi connectivity index (χ2v) is 7.66. The van der Waals surface area contributed by atoms with Gasteiger partial charge in [-0.25, -0.2) is 9.97 Å². The highest BCUT2D eigenvalue weighted by Crippen LogP contribution is 2.44. The summed E-state index contributed by atoms with van der Waals surface area (Å²) < 4.78 is 45.1. The maximum atomic E-state index is 12.7. The number of hydrogen-bond donors (Lipinski definition) is 1. The molecule has 0 radical (unpaired) electrons. The number of nitrogens with zero attached hydrogens (tertiary/aromatic N) is 2. The first-order valence-corrected chi connectivity index (χ1v) is 9.88. The molecule has 0 amide bonds. The van der Waals surface area contributed by atoms with Crippen LogP contribution >= 0.6 is 15.9 Å². The van der Waals surface area contributed by atoms with Gasteiger partial charge in [-0.15, -0.1) is 0 Å². The first kappa shape index (κ1) is 19.7. The van der Waals surface area contributed by atoms with Crippen molar-refractivity contribution in [2.75, 3.05) is 11.9 Å². The Morgan fingerprint density at radius 1 is 1.07 bits per heavy atom. The Hall–Kier alpha value is -2.61. The van der Waals surface area contributed by atoms with Gasteiger partial charge in [0.15, 0.2) is 0 Å². The van der Waals surface area contributed by atoms with Gasteiger partial charge in [-0.2, -0.15) is 13.2 Å². The van der Waals surface area contributed by atoms with Gasteiger partial charge in [0.25, 0.3) is 0 Å². The molecule has 8 heteroatoms. The van der Waals surface area contributed by atoms with Gasteiger partial charge in [0.05, 0.1) is 17.9 Å². The molecule has 0 fully saturated rings. The molecule has 0 spiro atoms. The SMILES string of the molecule is FC(F)(F)c1cnc(Nc2cc(Br)cc3c2OCCCC3c2ccccc2)nc1. The monoisotopic (exact) mass is 463 g/mol. The van der Waals surface area contributed by atoms with Crippen LogP contribution in [0.25, 0.3) is 0 Å². The molecule has 2 aromatic carbocycles. The van der Waals surface area contributed by atoms with Gasteiger partial charge in [0, 0.05) is 28.3 Å². The van der Waals surface area contributed by atoms with Crippen LogP contribution in [0.1, 0.15) is 35.4 Å². The van der Waals surface area contributed by atoms with Crippen LogP contribution in [0, 0.1) is 0 Å². The normalized spacial score (nSPS) is 16.5. The Morgan fingerprint density at radius 3 is 2.48 bits per heavy atom. The highest BCUT2D eigenvalue weighted by atomic mass is 79.9. The summed E-state index contributed by atoms with van der Waals surface area (Å²) in [5.74, 6) is 0.894. The van der Waals surface area contributed by atoms with Gasteiger partial charge >= 0.3 is 6.18 Å². The summed E-state index contributed by atoms with van der Waals surface area (Å²) in [6.45, 7) is 0.556. The van der Waals surface area contributed by atoms with Crippen LogP contribution in [0.2, 0.25) is 0 Å². The van der Waals surface area contributed by atoms with Crippen molar-refractivity contribution in [1.82, 2.24) is 9.97 Å². The number of aromatic nitrogens is 2. The minimum absolute atomic E-state index is 0.0717. The van der Waals surface area contributed by atoms with E-state index < -0.39 is 11.7 Å². The molecule has 0 aliphatic carbocycles. The van der Waals surface area contributed by atoms with E-state index in [0.717, 1.165) is 35.3 Å². The third-order valence-electron chi connectivity index (χ3n) is 4.77. The van der Waals surface area contributed by atoms with E-state index in [1.807, 2.05) is 30.3 Å². The molecule has 0 saturated carbocycles. The number of nitrogens with one attached hydrogen (secondary N) is 1. The summed E-state index contributed by atoms with van der Waals surface area (Å²) in [4.78, 5) is 7.61. The van der Waals surface area contributed by atoms with Gasteiger partial charge in [0.2, 0.25) is 5.95 Å². The minimum Gasteiger partial charge on any atom is -0.491 e. The Bertz CT molecular complexity index is 995. The molecule has 150 valence electrons. The summed E-state index contributed by atoms with van der Waals surface area (Å²) in [6, 6.07) is 14.0. The smallest absolute Gasteiger partial charge is 0.419 e. The lowest BCUT2D eigenvalue weighted by atomic mass is 9.87. The molecular formula is C21H17BrF3N3O. The van der Waals surface area contributed by atoms with Crippen LogP contribution in [-0.2, 0) is 6.18 Å². The highest BCUT2D eigenvalue weighted by Gasteiger charge is 2.31. The van der Waals surface area contributed by atoms with Crippen molar-refractivity contribution in [3.8, 4) is 5.75 Å². The molecule has 1 aliphatic heterocycles. The number of ether oxygens (including phenoxy) is 1. The van der Waals surface area contributed by atoms with E-state index in [-0.39, 0.29) is 11.9 Å². The Labute approximate surface area is 174 Å². The lowest BCUT2D eigenvalue weighted by Crippen LogP contribution is -2.08. The lowest BCUT2D eigenvalue weighted by molar-refractivity contribution is -0.138. The quantitative estimate of drug-likeness (QED) is 0.494. The number of halogens is 4. The van der Waals surface area contributed by atoms with E-state index in [1.54, 1.807) is 0 Å². The molecule has 29 heavy (non-hydrogen) atoms. The standard InChI is InChI=1S/C21H17BrF3N3O/c22-15-9-17-16(13-5-2-1-3-6-13)7-4-8-29-19(17)18(10-15)28-20-26-11-14(12-27-20)21(23,24)25/h1-3,5-6,9-12,16H,4,7-8H2,(H,26,27,28). The largest absolute Gasteiger partial charge is 0.491 e. The van der Waals surface area contributed by atoms with E-state index in [2.05, 4.69) is 43.3 Å². The van der Waals surface area contributed by atoms with Gasteiger partial charge in [-0.3, -0.25) is 0 Å². The molecule has 4 nitrogen and oxygen atoms in total. The number of alkyl halides is 3. The van der Waals surface area contributed by atoms with Crippen LogP contribution in [0.3, 0.4) is 0 Å². The average molecular weight is 464 g/mol. The Morgan fingerprint density at radius 2 is 1.79 bits per heavy atom. The van der Waals surface area contributed by atoms with E-state index in [0.29, 0.717) is 18.0 Å². The van der Waals surface area contributed by atoms with Crippen LogP contribution in [-0.4, -0.2) is 16.6 Å². The molecule has 1 N–H and O–H groups in total. The number of benzene rings is 2. The third-order valence-corrected chi connectivity index (χ3v) is 5.23. The number of fused-ring (bicyclic) bond motifs is 1. The average Bonchev–Trinajstić information content (AvgIpc) is 2.91. The van der Waals surface area contributed by atoms with Crippen LogP contribution in [0.4, 0.5) is 24.8 Å². The molecule has 3 aromatic rings. The van der Waals surface area contributed by atoms with Crippen molar-refractivity contribution < 1.29 is 17.9 Å².